The average Bonchev–Trinajstić information content (AvgIpc) is 2.15. The van der Waals surface area contributed by atoms with E-state index in [1.165, 1.54) is 12.1 Å². The number of aliphatic hydroxyl groups is 3. The van der Waals surface area contributed by atoms with E-state index in [2.05, 4.69) is 4.98 Å². The highest BCUT2D eigenvalue weighted by Crippen LogP contribution is 2.13. The fourth-order valence-electron chi connectivity index (χ4n) is 0.886. The Morgan fingerprint density at radius 3 is 2.62 bits per heavy atom. The average molecular weight is 187 g/mol. The van der Waals surface area contributed by atoms with Crippen LogP contribution < -0.4 is 0 Å². The van der Waals surface area contributed by atoms with Crippen molar-refractivity contribution < 1.29 is 19.7 Å². The van der Waals surface area contributed by atoms with Crippen LogP contribution in [0.25, 0.3) is 0 Å². The highest BCUT2D eigenvalue weighted by atomic mass is 19.1. The first-order valence-electron chi connectivity index (χ1n) is 3.74. The standard InChI is InChI=1S/C8H10FNO3/c9-7-3-1-2-5(10-7)8(13)6(12)4-11/h1-3,6,8,11-13H,4H2. The Morgan fingerprint density at radius 1 is 1.38 bits per heavy atom. The third-order valence-corrected chi connectivity index (χ3v) is 1.59. The van der Waals surface area contributed by atoms with Crippen molar-refractivity contribution in [3.8, 4) is 0 Å². The molecule has 0 saturated heterocycles. The van der Waals surface area contributed by atoms with Crippen molar-refractivity contribution in [1.82, 2.24) is 4.98 Å². The van der Waals surface area contributed by atoms with Crippen molar-refractivity contribution in [2.75, 3.05) is 6.61 Å². The van der Waals surface area contributed by atoms with Gasteiger partial charge in [-0.1, -0.05) is 6.07 Å². The maximum absolute atomic E-state index is 12.5. The number of pyridine rings is 1. The first-order chi connectivity index (χ1) is 6.15. The zero-order chi connectivity index (χ0) is 9.84. The number of hydrogen-bond acceptors (Lipinski definition) is 4. The first-order valence-corrected chi connectivity index (χ1v) is 3.74. The van der Waals surface area contributed by atoms with Crippen molar-refractivity contribution in [1.29, 1.82) is 0 Å². The number of aliphatic hydroxyl groups excluding tert-OH is 3. The summed E-state index contributed by atoms with van der Waals surface area (Å²) in [7, 11) is 0. The van der Waals surface area contributed by atoms with Gasteiger partial charge in [-0.2, -0.15) is 4.39 Å². The van der Waals surface area contributed by atoms with Crippen LogP contribution in [0.15, 0.2) is 18.2 Å². The van der Waals surface area contributed by atoms with Crippen molar-refractivity contribution in [2.24, 2.45) is 0 Å². The van der Waals surface area contributed by atoms with Crippen LogP contribution in [0.4, 0.5) is 4.39 Å². The van der Waals surface area contributed by atoms with Gasteiger partial charge in [0.25, 0.3) is 0 Å². The van der Waals surface area contributed by atoms with Crippen LogP contribution in [0.3, 0.4) is 0 Å². The van der Waals surface area contributed by atoms with Gasteiger partial charge in [0.15, 0.2) is 0 Å². The van der Waals surface area contributed by atoms with Crippen molar-refractivity contribution in [3.05, 3.63) is 29.8 Å². The summed E-state index contributed by atoms with van der Waals surface area (Å²) in [5, 5.41) is 26.8. The van der Waals surface area contributed by atoms with Crippen LogP contribution >= 0.6 is 0 Å². The van der Waals surface area contributed by atoms with Crippen LogP contribution in [0, 0.1) is 5.95 Å². The molecule has 0 aliphatic heterocycles. The van der Waals surface area contributed by atoms with E-state index in [1.807, 2.05) is 0 Å². The molecule has 0 aliphatic rings. The summed E-state index contributed by atoms with van der Waals surface area (Å²) in [4.78, 5) is 3.35. The zero-order valence-corrected chi connectivity index (χ0v) is 6.76. The summed E-state index contributed by atoms with van der Waals surface area (Å²) < 4.78 is 12.5. The van der Waals surface area contributed by atoms with Crippen LogP contribution in [-0.2, 0) is 0 Å². The first kappa shape index (κ1) is 10.0. The SMILES string of the molecule is OCC(O)C(O)c1cccc(F)n1. The van der Waals surface area contributed by atoms with Gasteiger partial charge in [0.05, 0.1) is 12.3 Å². The molecule has 0 saturated carbocycles. The Labute approximate surface area is 74.3 Å². The van der Waals surface area contributed by atoms with Gasteiger partial charge in [0.2, 0.25) is 5.95 Å². The molecule has 13 heavy (non-hydrogen) atoms. The van der Waals surface area contributed by atoms with Gasteiger partial charge in [0.1, 0.15) is 12.2 Å². The van der Waals surface area contributed by atoms with Crippen LogP contribution in [0.1, 0.15) is 11.8 Å². The molecule has 0 bridgehead atoms. The molecule has 0 radical (unpaired) electrons. The van der Waals surface area contributed by atoms with Crippen LogP contribution in [-0.4, -0.2) is 33.0 Å². The fourth-order valence-corrected chi connectivity index (χ4v) is 0.886. The zero-order valence-electron chi connectivity index (χ0n) is 6.76. The molecule has 2 atom stereocenters. The van der Waals surface area contributed by atoms with Gasteiger partial charge in [-0.25, -0.2) is 4.98 Å². The summed E-state index contributed by atoms with van der Waals surface area (Å²) >= 11 is 0. The van der Waals surface area contributed by atoms with Crippen molar-refractivity contribution >= 4 is 0 Å². The smallest absolute Gasteiger partial charge is 0.213 e. The number of aromatic nitrogens is 1. The van der Waals surface area contributed by atoms with Crippen LogP contribution in [0.5, 0.6) is 0 Å². The Balaban J connectivity index is 2.82. The molecule has 2 unspecified atom stereocenters. The molecule has 1 heterocycles. The maximum Gasteiger partial charge on any atom is 0.213 e. The van der Waals surface area contributed by atoms with Gasteiger partial charge in [-0.15, -0.1) is 0 Å². The molecule has 0 spiro atoms. The minimum atomic E-state index is -1.36. The molecular weight excluding hydrogens is 177 g/mol. The minimum absolute atomic E-state index is 0.00144. The lowest BCUT2D eigenvalue weighted by molar-refractivity contribution is -0.0176. The minimum Gasteiger partial charge on any atom is -0.394 e. The highest BCUT2D eigenvalue weighted by Gasteiger charge is 2.18. The molecular formula is C8H10FNO3. The molecule has 0 amide bonds. The summed E-state index contributed by atoms with van der Waals surface area (Å²) in [5.41, 5.74) is 0.00144. The number of rotatable bonds is 3. The van der Waals surface area contributed by atoms with E-state index in [4.69, 9.17) is 10.2 Å². The molecule has 5 heteroatoms. The summed E-state index contributed by atoms with van der Waals surface area (Å²) in [6.45, 7) is -0.598. The lowest BCUT2D eigenvalue weighted by Gasteiger charge is -2.14. The van der Waals surface area contributed by atoms with Gasteiger partial charge in [-0.05, 0) is 12.1 Å². The number of nitrogens with zero attached hydrogens (tertiary/aromatic N) is 1. The second kappa shape index (κ2) is 4.27. The highest BCUT2D eigenvalue weighted by molar-refractivity contribution is 5.08. The normalized spacial score (nSPS) is 15.4. The lowest BCUT2D eigenvalue weighted by atomic mass is 10.1. The van der Waals surface area contributed by atoms with Gasteiger partial charge in [0, 0.05) is 0 Å². The number of hydrogen-bond donors (Lipinski definition) is 3. The third-order valence-electron chi connectivity index (χ3n) is 1.59. The van der Waals surface area contributed by atoms with E-state index >= 15 is 0 Å². The quantitative estimate of drug-likeness (QED) is 0.563. The Bertz CT molecular complexity index is 282. The van der Waals surface area contributed by atoms with Crippen molar-refractivity contribution in [2.45, 2.75) is 12.2 Å². The van der Waals surface area contributed by atoms with E-state index in [0.29, 0.717) is 0 Å². The molecule has 4 nitrogen and oxygen atoms in total. The molecule has 1 rings (SSSR count). The fraction of sp³-hybridized carbons (Fsp3) is 0.375. The molecule has 0 aliphatic carbocycles. The summed E-state index contributed by atoms with van der Waals surface area (Å²) in [5.74, 6) is -0.735. The Kier molecular flexibility index (Phi) is 3.30. The maximum atomic E-state index is 12.5. The molecule has 1 aromatic rings. The second-order valence-corrected chi connectivity index (χ2v) is 2.58. The third kappa shape index (κ3) is 2.45. The van der Waals surface area contributed by atoms with Crippen molar-refractivity contribution in [3.63, 3.8) is 0 Å². The largest absolute Gasteiger partial charge is 0.394 e. The predicted octanol–water partition coefficient (Wildman–Crippen LogP) is -0.393. The van der Waals surface area contributed by atoms with E-state index in [-0.39, 0.29) is 5.69 Å². The van der Waals surface area contributed by atoms with E-state index in [9.17, 15) is 9.50 Å². The van der Waals surface area contributed by atoms with Crippen LogP contribution in [0.2, 0.25) is 0 Å². The molecule has 3 N–H and O–H groups in total. The topological polar surface area (TPSA) is 73.6 Å². The second-order valence-electron chi connectivity index (χ2n) is 2.58. The van der Waals surface area contributed by atoms with Gasteiger partial charge >= 0.3 is 0 Å². The molecule has 0 fully saturated rings. The van der Waals surface area contributed by atoms with E-state index < -0.39 is 24.8 Å². The van der Waals surface area contributed by atoms with Gasteiger partial charge < -0.3 is 15.3 Å². The van der Waals surface area contributed by atoms with E-state index in [1.54, 1.807) is 0 Å². The Morgan fingerprint density at radius 2 is 2.08 bits per heavy atom. The lowest BCUT2D eigenvalue weighted by Crippen LogP contribution is -2.23. The van der Waals surface area contributed by atoms with Gasteiger partial charge in [-0.3, -0.25) is 0 Å². The summed E-state index contributed by atoms with van der Waals surface area (Å²) in [6, 6.07) is 3.86. The molecule has 0 aromatic carbocycles. The summed E-state index contributed by atoms with van der Waals surface area (Å²) in [6.07, 6.45) is -2.70. The number of halogens is 1. The molecule has 1 aromatic heterocycles. The Hall–Kier alpha value is -1.04. The van der Waals surface area contributed by atoms with E-state index in [0.717, 1.165) is 6.07 Å². The monoisotopic (exact) mass is 187 g/mol. The predicted molar refractivity (Wildman–Crippen MR) is 42.2 cm³/mol. The molecule has 72 valence electrons.